The van der Waals surface area contributed by atoms with Crippen molar-refractivity contribution < 1.29 is 14.2 Å². The topological polar surface area (TPSA) is 65.9 Å². The van der Waals surface area contributed by atoms with Crippen molar-refractivity contribution in [2.45, 2.75) is 44.6 Å². The van der Waals surface area contributed by atoms with E-state index >= 15 is 0 Å². The zero-order valence-corrected chi connectivity index (χ0v) is 19.2. The lowest BCUT2D eigenvalue weighted by Crippen LogP contribution is -2.50. The van der Waals surface area contributed by atoms with E-state index in [0.717, 1.165) is 5.56 Å². The molecule has 1 saturated heterocycles. The van der Waals surface area contributed by atoms with E-state index in [9.17, 15) is 9.50 Å². The molecule has 0 saturated carbocycles. The Hall–Kier alpha value is -0.640. The van der Waals surface area contributed by atoms with Crippen LogP contribution in [0, 0.1) is 5.82 Å². The quantitative estimate of drug-likeness (QED) is 0.310. The molecule has 1 aliphatic rings. The highest BCUT2D eigenvalue weighted by Crippen LogP contribution is 2.30. The van der Waals surface area contributed by atoms with Crippen molar-refractivity contribution in [1.82, 2.24) is 10.6 Å². The molecule has 0 atom stereocenters. The standard InChI is InChI=1S/C19H29ClFN3O2.HI/c1-4-22-17(24-13-19(25)7-9-26-10-8-19)23-12-18(2,3)15-6-5-14(21)11-16(15)20;/h5-6,11,25H,4,7-10,12-13H2,1-3H3,(H2,22,23,24);1H. The minimum atomic E-state index is -0.774. The van der Waals surface area contributed by atoms with E-state index in [4.69, 9.17) is 16.3 Å². The predicted octanol–water partition coefficient (Wildman–Crippen LogP) is 3.47. The van der Waals surface area contributed by atoms with Gasteiger partial charge in [-0.3, -0.25) is 4.99 Å². The normalized spacial score (nSPS) is 17.2. The summed E-state index contributed by atoms with van der Waals surface area (Å²) in [5, 5.41) is 17.4. The van der Waals surface area contributed by atoms with E-state index in [1.807, 2.05) is 20.8 Å². The maximum Gasteiger partial charge on any atom is 0.191 e. The molecule has 0 unspecified atom stereocenters. The first-order chi connectivity index (χ1) is 12.3. The number of aliphatic imine (C=N–C) groups is 1. The summed E-state index contributed by atoms with van der Waals surface area (Å²) in [4.78, 5) is 4.64. The van der Waals surface area contributed by atoms with Crippen LogP contribution >= 0.6 is 35.6 Å². The molecule has 0 spiro atoms. The third-order valence-corrected chi connectivity index (χ3v) is 4.96. The largest absolute Gasteiger partial charge is 0.388 e. The molecule has 0 radical (unpaired) electrons. The Morgan fingerprint density at radius 2 is 2.00 bits per heavy atom. The number of rotatable bonds is 6. The molecular weight excluding hydrogens is 484 g/mol. The fourth-order valence-corrected chi connectivity index (χ4v) is 3.34. The summed E-state index contributed by atoms with van der Waals surface area (Å²) in [6.45, 7) is 8.77. The van der Waals surface area contributed by atoms with Gasteiger partial charge >= 0.3 is 0 Å². The average Bonchev–Trinajstić information content (AvgIpc) is 2.58. The van der Waals surface area contributed by atoms with E-state index in [0.29, 0.717) is 56.7 Å². The van der Waals surface area contributed by atoms with Crippen molar-refractivity contribution in [1.29, 1.82) is 0 Å². The first-order valence-corrected chi connectivity index (χ1v) is 9.41. The van der Waals surface area contributed by atoms with E-state index in [1.54, 1.807) is 6.07 Å². The van der Waals surface area contributed by atoms with Crippen LogP contribution in [0.5, 0.6) is 0 Å². The summed E-state index contributed by atoms with van der Waals surface area (Å²) < 4.78 is 18.6. The molecule has 154 valence electrons. The molecule has 1 aliphatic heterocycles. The van der Waals surface area contributed by atoms with Crippen molar-refractivity contribution in [3.8, 4) is 0 Å². The van der Waals surface area contributed by atoms with Crippen LogP contribution in [0.3, 0.4) is 0 Å². The van der Waals surface area contributed by atoms with Crippen LogP contribution in [0.25, 0.3) is 0 Å². The van der Waals surface area contributed by atoms with Gasteiger partial charge in [0, 0.05) is 49.6 Å². The molecule has 8 heteroatoms. The van der Waals surface area contributed by atoms with Crippen molar-refractivity contribution in [3.05, 3.63) is 34.6 Å². The van der Waals surface area contributed by atoms with Gasteiger partial charge in [-0.2, -0.15) is 0 Å². The van der Waals surface area contributed by atoms with Gasteiger partial charge in [0.25, 0.3) is 0 Å². The van der Waals surface area contributed by atoms with Crippen molar-refractivity contribution >= 4 is 41.5 Å². The smallest absolute Gasteiger partial charge is 0.191 e. The van der Waals surface area contributed by atoms with Crippen LogP contribution in [0.2, 0.25) is 5.02 Å². The molecule has 0 bridgehead atoms. The Kier molecular flexibility index (Phi) is 9.74. The van der Waals surface area contributed by atoms with Gasteiger partial charge in [0.05, 0.1) is 12.1 Å². The summed E-state index contributed by atoms with van der Waals surface area (Å²) in [5.74, 6) is 0.288. The number of aliphatic hydroxyl groups is 1. The van der Waals surface area contributed by atoms with Crippen LogP contribution in [0.4, 0.5) is 4.39 Å². The van der Waals surface area contributed by atoms with Gasteiger partial charge in [-0.05, 0) is 24.6 Å². The van der Waals surface area contributed by atoms with Gasteiger partial charge in [0.1, 0.15) is 5.82 Å². The van der Waals surface area contributed by atoms with Crippen LogP contribution in [-0.2, 0) is 10.2 Å². The summed E-state index contributed by atoms with van der Waals surface area (Å²) in [7, 11) is 0. The second kappa shape index (κ2) is 10.8. The van der Waals surface area contributed by atoms with E-state index in [-0.39, 0.29) is 35.2 Å². The fourth-order valence-electron chi connectivity index (χ4n) is 2.92. The van der Waals surface area contributed by atoms with Gasteiger partial charge in [-0.1, -0.05) is 31.5 Å². The van der Waals surface area contributed by atoms with E-state index in [2.05, 4.69) is 15.6 Å². The first-order valence-electron chi connectivity index (χ1n) is 9.04. The molecule has 1 fully saturated rings. The summed E-state index contributed by atoms with van der Waals surface area (Å²) in [6, 6.07) is 4.45. The molecule has 1 heterocycles. The Morgan fingerprint density at radius 3 is 2.59 bits per heavy atom. The fraction of sp³-hybridized carbons (Fsp3) is 0.632. The number of ether oxygens (including phenoxy) is 1. The van der Waals surface area contributed by atoms with Crippen LogP contribution in [-0.4, -0.2) is 49.5 Å². The number of halogens is 3. The Bertz CT molecular complexity index is 637. The van der Waals surface area contributed by atoms with Crippen molar-refractivity contribution in [3.63, 3.8) is 0 Å². The number of benzene rings is 1. The second-order valence-corrected chi connectivity index (χ2v) is 7.80. The molecule has 3 N–H and O–H groups in total. The Morgan fingerprint density at radius 1 is 1.33 bits per heavy atom. The molecule has 1 aromatic rings. The van der Waals surface area contributed by atoms with Gasteiger partial charge in [-0.25, -0.2) is 4.39 Å². The predicted molar refractivity (Wildman–Crippen MR) is 119 cm³/mol. The highest BCUT2D eigenvalue weighted by molar-refractivity contribution is 14.0. The minimum Gasteiger partial charge on any atom is -0.388 e. The SMILES string of the molecule is CCNC(=NCC(C)(C)c1ccc(F)cc1Cl)NCC1(O)CCOCC1.I. The summed E-state index contributed by atoms with van der Waals surface area (Å²) in [6.07, 6.45) is 1.21. The highest BCUT2D eigenvalue weighted by atomic mass is 127. The molecule has 1 aromatic carbocycles. The Labute approximate surface area is 183 Å². The zero-order valence-electron chi connectivity index (χ0n) is 16.1. The lowest BCUT2D eigenvalue weighted by Gasteiger charge is -2.32. The van der Waals surface area contributed by atoms with Gasteiger partial charge < -0.3 is 20.5 Å². The first kappa shape index (κ1) is 24.4. The van der Waals surface area contributed by atoms with Crippen LogP contribution < -0.4 is 10.6 Å². The molecule has 2 rings (SSSR count). The number of hydrogen-bond donors (Lipinski definition) is 3. The van der Waals surface area contributed by atoms with Gasteiger partial charge in [-0.15, -0.1) is 24.0 Å². The zero-order chi connectivity index (χ0) is 19.2. The van der Waals surface area contributed by atoms with E-state index in [1.165, 1.54) is 12.1 Å². The number of guanidine groups is 1. The molecule has 0 amide bonds. The third-order valence-electron chi connectivity index (χ3n) is 4.65. The van der Waals surface area contributed by atoms with Crippen molar-refractivity contribution in [2.75, 3.05) is 32.8 Å². The van der Waals surface area contributed by atoms with E-state index < -0.39 is 5.60 Å². The van der Waals surface area contributed by atoms with Gasteiger partial charge in [0.2, 0.25) is 0 Å². The molecule has 0 aromatic heterocycles. The lowest BCUT2D eigenvalue weighted by molar-refractivity contribution is -0.0594. The highest BCUT2D eigenvalue weighted by Gasteiger charge is 2.30. The number of hydrogen-bond acceptors (Lipinski definition) is 3. The van der Waals surface area contributed by atoms with Crippen LogP contribution in [0.1, 0.15) is 39.2 Å². The van der Waals surface area contributed by atoms with Crippen molar-refractivity contribution in [2.24, 2.45) is 4.99 Å². The third kappa shape index (κ3) is 7.36. The van der Waals surface area contributed by atoms with Crippen LogP contribution in [0.15, 0.2) is 23.2 Å². The summed E-state index contributed by atoms with van der Waals surface area (Å²) >= 11 is 6.21. The second-order valence-electron chi connectivity index (χ2n) is 7.39. The summed E-state index contributed by atoms with van der Waals surface area (Å²) in [5.41, 5.74) is -0.282. The van der Waals surface area contributed by atoms with Gasteiger partial charge in [0.15, 0.2) is 5.96 Å². The number of nitrogens with one attached hydrogen (secondary N) is 2. The Balaban J connectivity index is 0.00000364. The number of nitrogens with zero attached hydrogens (tertiary/aromatic N) is 1. The molecule has 0 aliphatic carbocycles. The maximum atomic E-state index is 13.3. The molecule has 27 heavy (non-hydrogen) atoms. The minimum absolute atomic E-state index is 0. The molecular formula is C19H30ClFIN3O2. The monoisotopic (exact) mass is 513 g/mol. The lowest BCUT2D eigenvalue weighted by atomic mass is 9.84. The average molecular weight is 514 g/mol. The molecule has 5 nitrogen and oxygen atoms in total. The maximum absolute atomic E-state index is 13.3.